The van der Waals surface area contributed by atoms with Gasteiger partial charge in [0.1, 0.15) is 5.82 Å². The number of carbonyl (C=O) groups is 2. The summed E-state index contributed by atoms with van der Waals surface area (Å²) in [5.74, 6) is -1.20. The van der Waals surface area contributed by atoms with Crippen molar-refractivity contribution in [3.8, 4) is 0 Å². The second-order valence-corrected chi connectivity index (χ2v) is 9.53. The molecule has 1 unspecified atom stereocenters. The Morgan fingerprint density at radius 2 is 1.97 bits per heavy atom. The standard InChI is InChI=1S/C26H23FN4O2S/c1-16-5-10-22-24(17(16)2)29-26(34-22)31(14-18-4-3-11-28-13-18)25(33)19-12-23(32)30(15-19)21-8-6-20(27)7-9-21/h3-11,13,19H,12,14-15H2,1-2H3. The van der Waals surface area contributed by atoms with Gasteiger partial charge in [-0.2, -0.15) is 0 Å². The Balaban J connectivity index is 1.48. The number of halogens is 1. The summed E-state index contributed by atoms with van der Waals surface area (Å²) in [5, 5.41) is 0.602. The number of rotatable bonds is 5. The van der Waals surface area contributed by atoms with Crippen LogP contribution in [-0.2, 0) is 16.1 Å². The van der Waals surface area contributed by atoms with Crippen LogP contribution < -0.4 is 9.80 Å². The molecule has 1 saturated heterocycles. The van der Waals surface area contributed by atoms with Crippen LogP contribution in [0, 0.1) is 25.6 Å². The van der Waals surface area contributed by atoms with Crippen LogP contribution in [0.1, 0.15) is 23.1 Å². The molecule has 1 aliphatic heterocycles. The van der Waals surface area contributed by atoms with E-state index in [0.29, 0.717) is 17.4 Å². The highest BCUT2D eigenvalue weighted by atomic mass is 32.1. The smallest absolute Gasteiger partial charge is 0.234 e. The molecule has 2 aromatic carbocycles. The summed E-state index contributed by atoms with van der Waals surface area (Å²) in [6, 6.07) is 13.6. The lowest BCUT2D eigenvalue weighted by Gasteiger charge is -2.23. The fourth-order valence-corrected chi connectivity index (χ4v) is 5.24. The molecule has 34 heavy (non-hydrogen) atoms. The minimum atomic E-state index is -0.524. The van der Waals surface area contributed by atoms with E-state index in [4.69, 9.17) is 4.98 Å². The zero-order valence-corrected chi connectivity index (χ0v) is 19.7. The van der Waals surface area contributed by atoms with Gasteiger partial charge in [-0.3, -0.25) is 19.5 Å². The van der Waals surface area contributed by atoms with Crippen LogP contribution in [0.15, 0.2) is 60.9 Å². The van der Waals surface area contributed by atoms with E-state index in [1.807, 2.05) is 32.0 Å². The van der Waals surface area contributed by atoms with Crippen molar-refractivity contribution in [3.05, 3.63) is 83.4 Å². The van der Waals surface area contributed by atoms with E-state index in [1.54, 1.807) is 34.3 Å². The zero-order valence-electron chi connectivity index (χ0n) is 18.9. The number of benzene rings is 2. The fraction of sp³-hybridized carbons (Fsp3) is 0.231. The zero-order chi connectivity index (χ0) is 23.8. The van der Waals surface area contributed by atoms with Crippen molar-refractivity contribution in [2.24, 2.45) is 5.92 Å². The molecule has 8 heteroatoms. The molecular weight excluding hydrogens is 451 g/mol. The lowest BCUT2D eigenvalue weighted by molar-refractivity contribution is -0.124. The number of amides is 2. The summed E-state index contributed by atoms with van der Waals surface area (Å²) < 4.78 is 14.4. The van der Waals surface area contributed by atoms with Crippen LogP contribution in [0.25, 0.3) is 10.2 Å². The van der Waals surface area contributed by atoms with Crippen LogP contribution in [0.5, 0.6) is 0 Å². The third-order valence-electron chi connectivity index (χ3n) is 6.25. The maximum absolute atomic E-state index is 13.8. The van der Waals surface area contributed by atoms with Gasteiger partial charge in [-0.1, -0.05) is 23.5 Å². The summed E-state index contributed by atoms with van der Waals surface area (Å²) in [6.07, 6.45) is 3.52. The highest BCUT2D eigenvalue weighted by molar-refractivity contribution is 7.22. The van der Waals surface area contributed by atoms with Crippen LogP contribution in [0.3, 0.4) is 0 Å². The van der Waals surface area contributed by atoms with Crippen LogP contribution in [0.2, 0.25) is 0 Å². The van der Waals surface area contributed by atoms with Crippen LogP contribution in [0.4, 0.5) is 15.2 Å². The number of carbonyl (C=O) groups excluding carboxylic acids is 2. The topological polar surface area (TPSA) is 66.4 Å². The summed E-state index contributed by atoms with van der Waals surface area (Å²) >= 11 is 1.47. The molecule has 0 N–H and O–H groups in total. The molecule has 3 heterocycles. The van der Waals surface area contributed by atoms with Crippen molar-refractivity contribution in [1.29, 1.82) is 0 Å². The Morgan fingerprint density at radius 1 is 1.18 bits per heavy atom. The number of thiazole rings is 1. The van der Waals surface area contributed by atoms with Crippen molar-refractivity contribution in [1.82, 2.24) is 9.97 Å². The molecule has 172 valence electrons. The van der Waals surface area contributed by atoms with Crippen molar-refractivity contribution in [3.63, 3.8) is 0 Å². The van der Waals surface area contributed by atoms with Gasteiger partial charge in [0.25, 0.3) is 0 Å². The average Bonchev–Trinajstić information content (AvgIpc) is 3.45. The van der Waals surface area contributed by atoms with E-state index >= 15 is 0 Å². The average molecular weight is 475 g/mol. The van der Waals surface area contributed by atoms with Crippen molar-refractivity contribution in [2.75, 3.05) is 16.3 Å². The number of hydrogen-bond donors (Lipinski definition) is 0. The lowest BCUT2D eigenvalue weighted by Crippen LogP contribution is -2.37. The summed E-state index contributed by atoms with van der Waals surface area (Å²) in [4.78, 5) is 38.8. The first-order chi connectivity index (χ1) is 16.4. The fourth-order valence-electron chi connectivity index (χ4n) is 4.21. The van der Waals surface area contributed by atoms with Crippen molar-refractivity contribution < 1.29 is 14.0 Å². The maximum Gasteiger partial charge on any atom is 0.234 e. The molecule has 2 amide bonds. The van der Waals surface area contributed by atoms with Gasteiger partial charge < -0.3 is 4.90 Å². The number of aromatic nitrogens is 2. The molecular formula is C26H23FN4O2S. The number of anilines is 2. The highest BCUT2D eigenvalue weighted by Gasteiger charge is 2.38. The van der Waals surface area contributed by atoms with Gasteiger partial charge in [0, 0.05) is 31.0 Å². The molecule has 5 rings (SSSR count). The number of pyridine rings is 1. The van der Waals surface area contributed by atoms with Gasteiger partial charge in [-0.15, -0.1) is 0 Å². The van der Waals surface area contributed by atoms with Gasteiger partial charge in [0.2, 0.25) is 11.8 Å². The Hall–Kier alpha value is -3.65. The van der Waals surface area contributed by atoms with Gasteiger partial charge in [0.05, 0.1) is 22.7 Å². The number of hydrogen-bond acceptors (Lipinski definition) is 5. The highest BCUT2D eigenvalue weighted by Crippen LogP contribution is 2.35. The molecule has 0 aliphatic carbocycles. The molecule has 0 bridgehead atoms. The first-order valence-electron chi connectivity index (χ1n) is 11.0. The minimum absolute atomic E-state index is 0.1000. The first-order valence-corrected chi connectivity index (χ1v) is 11.9. The summed E-state index contributed by atoms with van der Waals surface area (Å²) in [7, 11) is 0. The molecule has 6 nitrogen and oxygen atoms in total. The molecule has 0 radical (unpaired) electrons. The molecule has 0 spiro atoms. The van der Waals surface area contributed by atoms with Gasteiger partial charge >= 0.3 is 0 Å². The third-order valence-corrected chi connectivity index (χ3v) is 7.29. The first kappa shape index (κ1) is 22.2. The monoisotopic (exact) mass is 474 g/mol. The molecule has 0 saturated carbocycles. The van der Waals surface area contributed by atoms with E-state index in [2.05, 4.69) is 11.1 Å². The third kappa shape index (κ3) is 4.17. The Bertz CT molecular complexity index is 1370. The van der Waals surface area contributed by atoms with E-state index in [9.17, 15) is 14.0 Å². The molecule has 4 aromatic rings. The van der Waals surface area contributed by atoms with Gasteiger partial charge in [-0.05, 0) is 66.9 Å². The van der Waals surface area contributed by atoms with E-state index in [-0.39, 0.29) is 30.6 Å². The SMILES string of the molecule is Cc1ccc2sc(N(Cc3cccnc3)C(=O)C3CC(=O)N(c4ccc(F)cc4)C3)nc2c1C. The Kier molecular flexibility index (Phi) is 5.83. The largest absolute Gasteiger partial charge is 0.312 e. The Labute approximate surface area is 200 Å². The van der Waals surface area contributed by atoms with E-state index in [1.165, 1.54) is 23.5 Å². The summed E-state index contributed by atoms with van der Waals surface area (Å²) in [5.41, 5.74) is 4.59. The minimum Gasteiger partial charge on any atom is -0.312 e. The molecule has 1 aliphatic rings. The predicted octanol–water partition coefficient (Wildman–Crippen LogP) is 5.03. The normalized spacial score (nSPS) is 15.8. The van der Waals surface area contributed by atoms with Gasteiger partial charge in [0.15, 0.2) is 5.13 Å². The van der Waals surface area contributed by atoms with Gasteiger partial charge in [-0.25, -0.2) is 9.37 Å². The lowest BCUT2D eigenvalue weighted by atomic mass is 10.1. The number of nitrogens with zero attached hydrogens (tertiary/aromatic N) is 4. The Morgan fingerprint density at radius 3 is 2.71 bits per heavy atom. The molecule has 2 aromatic heterocycles. The number of aryl methyl sites for hydroxylation is 2. The predicted molar refractivity (Wildman–Crippen MR) is 131 cm³/mol. The maximum atomic E-state index is 13.8. The van der Waals surface area contributed by atoms with Crippen molar-refractivity contribution >= 4 is 44.2 Å². The van der Waals surface area contributed by atoms with Crippen molar-refractivity contribution in [2.45, 2.75) is 26.8 Å². The molecule has 1 fully saturated rings. The second kappa shape index (κ2) is 8.95. The van der Waals surface area contributed by atoms with E-state index < -0.39 is 5.92 Å². The second-order valence-electron chi connectivity index (χ2n) is 8.52. The number of fused-ring (bicyclic) bond motifs is 1. The molecule has 1 atom stereocenters. The summed E-state index contributed by atoms with van der Waals surface area (Å²) in [6.45, 7) is 4.63. The van der Waals surface area contributed by atoms with E-state index in [0.717, 1.165) is 26.9 Å². The van der Waals surface area contributed by atoms with Crippen LogP contribution in [-0.4, -0.2) is 28.3 Å². The van der Waals surface area contributed by atoms with Crippen LogP contribution >= 0.6 is 11.3 Å². The quantitative estimate of drug-likeness (QED) is 0.407.